The van der Waals surface area contributed by atoms with Gasteiger partial charge in [0.2, 0.25) is 11.8 Å². The van der Waals surface area contributed by atoms with Crippen LogP contribution in [0.25, 0.3) is 17.0 Å². The van der Waals surface area contributed by atoms with E-state index in [2.05, 4.69) is 20.3 Å². The number of benzene rings is 2. The van der Waals surface area contributed by atoms with Crippen LogP contribution in [-0.4, -0.2) is 39.6 Å². The summed E-state index contributed by atoms with van der Waals surface area (Å²) in [4.78, 5) is 9.54. The number of H-pyrrole nitrogens is 1. The molecule has 11 heteroatoms. The molecule has 4 aromatic heterocycles. The second kappa shape index (κ2) is 8.95. The molecule has 0 saturated heterocycles. The van der Waals surface area contributed by atoms with Crippen molar-refractivity contribution in [2.24, 2.45) is 7.05 Å². The van der Waals surface area contributed by atoms with E-state index < -0.39 is 0 Å². The van der Waals surface area contributed by atoms with E-state index in [9.17, 15) is 0 Å². The average molecular weight is 539 g/mol. The fraction of sp³-hybridized carbons (Fsp3) is 0.179. The molecule has 2 aromatic carbocycles. The molecule has 0 amide bonds. The molecule has 0 spiro atoms. The maximum absolute atomic E-state index is 6.10. The normalized spacial score (nSPS) is 14.2. The highest BCUT2D eigenvalue weighted by Crippen LogP contribution is 2.48. The number of hydrogen-bond acceptors (Lipinski definition) is 7. The molecule has 7 rings (SSSR count). The van der Waals surface area contributed by atoms with Gasteiger partial charge < -0.3 is 9.47 Å². The molecule has 5 heterocycles. The topological polar surface area (TPSA) is 108 Å². The number of fused-ring (bicyclic) bond motifs is 4. The van der Waals surface area contributed by atoms with Crippen molar-refractivity contribution in [1.82, 2.24) is 39.6 Å². The van der Waals surface area contributed by atoms with Crippen LogP contribution in [0.2, 0.25) is 5.02 Å². The van der Waals surface area contributed by atoms with Crippen molar-refractivity contribution >= 4 is 17.2 Å². The van der Waals surface area contributed by atoms with E-state index in [0.29, 0.717) is 34.9 Å². The molecule has 194 valence electrons. The molecule has 0 aliphatic carbocycles. The molecule has 0 radical (unpaired) electrons. The number of aromatic amines is 1. The molecule has 1 atom stereocenters. The van der Waals surface area contributed by atoms with Gasteiger partial charge in [-0.15, -0.1) is 10.2 Å². The highest BCUT2D eigenvalue weighted by atomic mass is 35.5. The smallest absolute Gasteiger partial charge is 0.244 e. The van der Waals surface area contributed by atoms with E-state index in [4.69, 9.17) is 31.2 Å². The van der Waals surface area contributed by atoms with Gasteiger partial charge in [-0.25, -0.2) is 14.5 Å². The summed E-state index contributed by atoms with van der Waals surface area (Å²) in [6, 6.07) is 13.6. The van der Waals surface area contributed by atoms with Gasteiger partial charge in [0.05, 0.1) is 17.7 Å². The molecule has 6 aromatic rings. The minimum absolute atomic E-state index is 0.216. The zero-order valence-electron chi connectivity index (χ0n) is 21.4. The van der Waals surface area contributed by atoms with Gasteiger partial charge >= 0.3 is 0 Å². The Balaban J connectivity index is 1.28. The van der Waals surface area contributed by atoms with E-state index in [1.54, 1.807) is 15.5 Å². The molecule has 1 aliphatic heterocycles. The fourth-order valence-electron chi connectivity index (χ4n) is 5.04. The summed E-state index contributed by atoms with van der Waals surface area (Å²) in [6.07, 6.45) is 5.46. The summed E-state index contributed by atoms with van der Waals surface area (Å²) < 4.78 is 15.6. The summed E-state index contributed by atoms with van der Waals surface area (Å²) in [5.41, 5.74) is 7.17. The first-order valence-electron chi connectivity index (χ1n) is 12.4. The molecule has 39 heavy (non-hydrogen) atoms. The van der Waals surface area contributed by atoms with Crippen LogP contribution in [-0.2, 0) is 13.7 Å². The molecular formula is C28H23ClN8O2. The minimum atomic E-state index is -0.216. The number of ether oxygens (including phenoxy) is 2. The number of nitrogens with zero attached hydrogens (tertiary/aromatic N) is 7. The summed E-state index contributed by atoms with van der Waals surface area (Å²) in [5, 5.41) is 17.3. The van der Waals surface area contributed by atoms with Gasteiger partial charge in [0.1, 0.15) is 18.7 Å². The summed E-state index contributed by atoms with van der Waals surface area (Å²) in [5.74, 6) is 2.12. The Labute approximate surface area is 228 Å². The number of aryl methyl sites for hydroxylation is 3. The highest BCUT2D eigenvalue weighted by molar-refractivity contribution is 6.30. The van der Waals surface area contributed by atoms with Crippen molar-refractivity contribution < 1.29 is 9.47 Å². The van der Waals surface area contributed by atoms with Gasteiger partial charge in [0.15, 0.2) is 11.5 Å². The quantitative estimate of drug-likeness (QED) is 0.313. The second-order valence-electron chi connectivity index (χ2n) is 9.62. The van der Waals surface area contributed by atoms with E-state index >= 15 is 0 Å². The lowest BCUT2D eigenvalue weighted by Gasteiger charge is -2.24. The largest absolute Gasteiger partial charge is 0.489 e. The lowest BCUT2D eigenvalue weighted by atomic mass is 9.86. The Morgan fingerprint density at radius 3 is 2.82 bits per heavy atom. The SMILES string of the molecule is Cc1cc(Cl)ccc1OCc1cccc(-c2nc3c4c(ncn3n2)Oc2n[nH]c(C)c2[C@H]4c2cnn(C)c2)c1. The number of nitrogens with one attached hydrogen (secondary N) is 1. The lowest BCUT2D eigenvalue weighted by molar-refractivity contribution is 0.304. The first-order chi connectivity index (χ1) is 18.9. The van der Waals surface area contributed by atoms with Crippen LogP contribution in [0.3, 0.4) is 0 Å². The third-order valence-corrected chi connectivity index (χ3v) is 7.13. The standard InChI is InChI=1S/C28H23ClN8O2/c1-15-9-20(29)7-8-21(15)38-13-17-5-4-6-18(10-17)25-32-26-24-23(19-11-31-36(3)12-19)22-16(2)33-34-28(22)39-27(24)30-14-37(26)35-25/h4-12,14,23H,13H2,1-3H3,(H,33,34)/t23-/m1/s1. The second-order valence-corrected chi connectivity index (χ2v) is 10.1. The maximum atomic E-state index is 6.10. The highest BCUT2D eigenvalue weighted by Gasteiger charge is 2.37. The first kappa shape index (κ1) is 23.4. The first-order valence-corrected chi connectivity index (χ1v) is 12.8. The van der Waals surface area contributed by atoms with Crippen molar-refractivity contribution in [2.75, 3.05) is 0 Å². The molecule has 10 nitrogen and oxygen atoms in total. The van der Waals surface area contributed by atoms with Crippen LogP contribution in [0.1, 0.15) is 39.4 Å². The molecule has 1 N–H and O–H groups in total. The van der Waals surface area contributed by atoms with Crippen LogP contribution in [0.5, 0.6) is 17.5 Å². The Morgan fingerprint density at radius 1 is 1.10 bits per heavy atom. The van der Waals surface area contributed by atoms with Crippen LogP contribution in [0.4, 0.5) is 0 Å². The Kier molecular flexibility index (Phi) is 5.38. The average Bonchev–Trinajstić information content (AvgIpc) is 3.65. The zero-order chi connectivity index (χ0) is 26.7. The lowest BCUT2D eigenvalue weighted by Crippen LogP contribution is -2.14. The predicted octanol–water partition coefficient (Wildman–Crippen LogP) is 5.38. The van der Waals surface area contributed by atoms with Gasteiger partial charge in [-0.1, -0.05) is 29.8 Å². The summed E-state index contributed by atoms with van der Waals surface area (Å²) in [6.45, 7) is 4.36. The zero-order valence-corrected chi connectivity index (χ0v) is 22.1. The Morgan fingerprint density at radius 2 is 2.00 bits per heavy atom. The molecule has 0 fully saturated rings. The fourth-order valence-corrected chi connectivity index (χ4v) is 5.27. The van der Waals surface area contributed by atoms with Crippen molar-refractivity contribution in [3.05, 3.63) is 99.7 Å². The van der Waals surface area contributed by atoms with Gasteiger partial charge in [-0.3, -0.25) is 9.78 Å². The van der Waals surface area contributed by atoms with Gasteiger partial charge in [0, 0.05) is 40.7 Å². The van der Waals surface area contributed by atoms with Crippen molar-refractivity contribution in [3.8, 4) is 28.9 Å². The molecule has 0 bridgehead atoms. The maximum Gasteiger partial charge on any atom is 0.244 e. The van der Waals surface area contributed by atoms with Crippen LogP contribution < -0.4 is 9.47 Å². The molecule has 1 aliphatic rings. The van der Waals surface area contributed by atoms with Crippen LogP contribution in [0.15, 0.2) is 61.2 Å². The third-order valence-electron chi connectivity index (χ3n) is 6.89. The monoisotopic (exact) mass is 538 g/mol. The van der Waals surface area contributed by atoms with Crippen molar-refractivity contribution in [1.29, 1.82) is 0 Å². The Hall–Kier alpha value is -4.70. The van der Waals surface area contributed by atoms with Gasteiger partial charge in [-0.05, 0) is 49.2 Å². The van der Waals surface area contributed by atoms with Crippen molar-refractivity contribution in [3.63, 3.8) is 0 Å². The van der Waals surface area contributed by atoms with E-state index in [1.165, 1.54) is 0 Å². The molecule has 0 unspecified atom stereocenters. The number of rotatable bonds is 5. The van der Waals surface area contributed by atoms with E-state index in [-0.39, 0.29) is 5.92 Å². The van der Waals surface area contributed by atoms with Crippen molar-refractivity contribution in [2.45, 2.75) is 26.4 Å². The number of halogens is 1. The van der Waals surface area contributed by atoms with E-state index in [0.717, 1.165) is 44.8 Å². The Bertz CT molecular complexity index is 1870. The van der Waals surface area contributed by atoms with E-state index in [1.807, 2.05) is 75.8 Å². The minimum Gasteiger partial charge on any atom is -0.489 e. The van der Waals surface area contributed by atoms with Crippen LogP contribution in [0, 0.1) is 13.8 Å². The number of hydrogen-bond donors (Lipinski definition) is 1. The molecule has 0 saturated carbocycles. The molecular weight excluding hydrogens is 516 g/mol. The third kappa shape index (κ3) is 4.00. The number of aromatic nitrogens is 8. The van der Waals surface area contributed by atoms with Gasteiger partial charge in [0.25, 0.3) is 0 Å². The summed E-state index contributed by atoms with van der Waals surface area (Å²) >= 11 is 6.08. The van der Waals surface area contributed by atoms with Crippen LogP contribution >= 0.6 is 11.6 Å². The predicted molar refractivity (Wildman–Crippen MR) is 144 cm³/mol. The summed E-state index contributed by atoms with van der Waals surface area (Å²) in [7, 11) is 1.89. The van der Waals surface area contributed by atoms with Gasteiger partial charge in [-0.2, -0.15) is 5.10 Å².